The maximum absolute atomic E-state index is 6.06. The molecule has 0 saturated heterocycles. The molecule has 0 aliphatic rings. The molecule has 0 aliphatic heterocycles. The van der Waals surface area contributed by atoms with Gasteiger partial charge in [0.25, 0.3) is 0 Å². The molecule has 21 heavy (non-hydrogen) atoms. The Morgan fingerprint density at radius 3 is 2.76 bits per heavy atom. The molecular weight excluding hydrogens is 288 g/mol. The molecule has 0 fully saturated rings. The van der Waals surface area contributed by atoms with E-state index in [0.29, 0.717) is 29.9 Å². The first-order valence-electron chi connectivity index (χ1n) is 6.49. The zero-order valence-corrected chi connectivity index (χ0v) is 11.9. The van der Waals surface area contributed by atoms with E-state index < -0.39 is 0 Å². The smallest absolute Gasteiger partial charge is 0.163 e. The number of halogens is 1. The zero-order chi connectivity index (χ0) is 14.5. The summed E-state index contributed by atoms with van der Waals surface area (Å²) in [6.07, 6.45) is 3.46. The number of nitrogens with one attached hydrogen (secondary N) is 1. The quantitative estimate of drug-likeness (QED) is 0.733. The molecule has 1 N–H and O–H groups in total. The SMILES string of the molecule is Clc1cc(NCCn2ccnn2)nc(-c2ccccc2)n1. The second-order valence-electron chi connectivity index (χ2n) is 4.36. The van der Waals surface area contributed by atoms with E-state index in [2.05, 4.69) is 25.6 Å². The van der Waals surface area contributed by atoms with E-state index >= 15 is 0 Å². The second-order valence-corrected chi connectivity index (χ2v) is 4.75. The van der Waals surface area contributed by atoms with Crippen LogP contribution in [-0.2, 0) is 6.54 Å². The molecule has 0 saturated carbocycles. The van der Waals surface area contributed by atoms with Crippen LogP contribution in [-0.4, -0.2) is 31.5 Å². The van der Waals surface area contributed by atoms with Gasteiger partial charge in [0.2, 0.25) is 0 Å². The van der Waals surface area contributed by atoms with Crippen LogP contribution in [0.25, 0.3) is 11.4 Å². The lowest BCUT2D eigenvalue weighted by atomic mass is 10.2. The van der Waals surface area contributed by atoms with Crippen molar-refractivity contribution in [3.63, 3.8) is 0 Å². The highest BCUT2D eigenvalue weighted by atomic mass is 35.5. The number of anilines is 1. The third-order valence-electron chi connectivity index (χ3n) is 2.85. The van der Waals surface area contributed by atoms with E-state index in [1.807, 2.05) is 36.5 Å². The summed E-state index contributed by atoms with van der Waals surface area (Å²) in [5.74, 6) is 1.29. The van der Waals surface area contributed by atoms with Crippen LogP contribution in [0, 0.1) is 0 Å². The fraction of sp³-hybridized carbons (Fsp3) is 0.143. The molecule has 3 rings (SSSR count). The average molecular weight is 301 g/mol. The maximum atomic E-state index is 6.06. The number of aromatic nitrogens is 5. The van der Waals surface area contributed by atoms with Gasteiger partial charge in [-0.3, -0.25) is 4.68 Å². The third-order valence-corrected chi connectivity index (χ3v) is 3.04. The van der Waals surface area contributed by atoms with Gasteiger partial charge in [0.1, 0.15) is 11.0 Å². The van der Waals surface area contributed by atoms with Crippen LogP contribution in [0.1, 0.15) is 0 Å². The normalized spacial score (nSPS) is 10.5. The van der Waals surface area contributed by atoms with Gasteiger partial charge in [-0.1, -0.05) is 47.1 Å². The highest BCUT2D eigenvalue weighted by Crippen LogP contribution is 2.19. The van der Waals surface area contributed by atoms with Gasteiger partial charge in [0.15, 0.2) is 5.82 Å². The Balaban J connectivity index is 1.72. The lowest BCUT2D eigenvalue weighted by Gasteiger charge is -2.08. The van der Waals surface area contributed by atoms with E-state index in [1.165, 1.54) is 0 Å². The maximum Gasteiger partial charge on any atom is 0.163 e. The molecule has 0 aliphatic carbocycles. The Morgan fingerprint density at radius 2 is 2.00 bits per heavy atom. The van der Waals surface area contributed by atoms with Crippen molar-refractivity contribution >= 4 is 17.4 Å². The molecule has 0 atom stereocenters. The molecule has 1 aromatic carbocycles. The van der Waals surface area contributed by atoms with Crippen LogP contribution in [0.15, 0.2) is 48.8 Å². The number of hydrogen-bond donors (Lipinski definition) is 1. The highest BCUT2D eigenvalue weighted by molar-refractivity contribution is 6.29. The second kappa shape index (κ2) is 6.32. The van der Waals surface area contributed by atoms with Crippen LogP contribution in [0.4, 0.5) is 5.82 Å². The zero-order valence-electron chi connectivity index (χ0n) is 11.1. The van der Waals surface area contributed by atoms with Gasteiger partial charge < -0.3 is 5.32 Å². The predicted molar refractivity (Wildman–Crippen MR) is 81.0 cm³/mol. The Bertz CT molecular complexity index is 699. The summed E-state index contributed by atoms with van der Waals surface area (Å²) >= 11 is 6.06. The average Bonchev–Trinajstić information content (AvgIpc) is 3.01. The number of rotatable bonds is 5. The largest absolute Gasteiger partial charge is 0.368 e. The standard InChI is InChI=1S/C14H13ClN6/c15-12-10-13(16-6-8-21-9-7-17-20-21)19-14(18-12)11-4-2-1-3-5-11/h1-5,7,9-10H,6,8H2,(H,16,18,19). The van der Waals surface area contributed by atoms with Crippen molar-refractivity contribution in [2.45, 2.75) is 6.54 Å². The Hall–Kier alpha value is -2.47. The summed E-state index contributed by atoms with van der Waals surface area (Å²) in [6.45, 7) is 1.37. The molecule has 106 valence electrons. The highest BCUT2D eigenvalue weighted by Gasteiger charge is 2.05. The molecule has 2 heterocycles. The molecule has 0 bridgehead atoms. The first-order chi connectivity index (χ1) is 10.3. The monoisotopic (exact) mass is 300 g/mol. The van der Waals surface area contributed by atoms with E-state index in [0.717, 1.165) is 5.56 Å². The van der Waals surface area contributed by atoms with Gasteiger partial charge in [-0.15, -0.1) is 5.10 Å². The summed E-state index contributed by atoms with van der Waals surface area (Å²) < 4.78 is 1.74. The summed E-state index contributed by atoms with van der Waals surface area (Å²) in [6, 6.07) is 11.4. The van der Waals surface area contributed by atoms with E-state index in [1.54, 1.807) is 16.9 Å². The number of benzene rings is 1. The predicted octanol–water partition coefficient (Wildman–Crippen LogP) is 2.50. The minimum atomic E-state index is 0.409. The van der Waals surface area contributed by atoms with E-state index in [4.69, 9.17) is 11.6 Å². The summed E-state index contributed by atoms with van der Waals surface area (Å²) in [5.41, 5.74) is 0.930. The topological polar surface area (TPSA) is 68.5 Å². The van der Waals surface area contributed by atoms with Crippen molar-refractivity contribution < 1.29 is 0 Å². The third kappa shape index (κ3) is 3.55. The number of hydrogen-bond acceptors (Lipinski definition) is 5. The van der Waals surface area contributed by atoms with Crippen LogP contribution in [0.5, 0.6) is 0 Å². The summed E-state index contributed by atoms with van der Waals surface area (Å²) in [4.78, 5) is 8.72. The van der Waals surface area contributed by atoms with Crippen molar-refractivity contribution in [1.82, 2.24) is 25.0 Å². The Labute approximate surface area is 126 Å². The lowest BCUT2D eigenvalue weighted by Crippen LogP contribution is -2.12. The molecule has 0 unspecified atom stereocenters. The van der Waals surface area contributed by atoms with Crippen LogP contribution in [0.3, 0.4) is 0 Å². The van der Waals surface area contributed by atoms with Crippen molar-refractivity contribution in [1.29, 1.82) is 0 Å². The molecule has 0 radical (unpaired) electrons. The molecule has 0 spiro atoms. The van der Waals surface area contributed by atoms with Gasteiger partial charge >= 0.3 is 0 Å². The fourth-order valence-electron chi connectivity index (χ4n) is 1.88. The minimum absolute atomic E-state index is 0.409. The Kier molecular flexibility index (Phi) is 4.07. The Morgan fingerprint density at radius 1 is 1.14 bits per heavy atom. The molecule has 2 aromatic heterocycles. The van der Waals surface area contributed by atoms with Gasteiger partial charge in [-0.05, 0) is 0 Å². The van der Waals surface area contributed by atoms with Crippen LogP contribution >= 0.6 is 11.6 Å². The van der Waals surface area contributed by atoms with Crippen LogP contribution in [0.2, 0.25) is 5.15 Å². The van der Waals surface area contributed by atoms with E-state index in [9.17, 15) is 0 Å². The lowest BCUT2D eigenvalue weighted by molar-refractivity contribution is 0.608. The molecule has 6 nitrogen and oxygen atoms in total. The van der Waals surface area contributed by atoms with Crippen LogP contribution < -0.4 is 5.32 Å². The molecule has 3 aromatic rings. The van der Waals surface area contributed by atoms with Gasteiger partial charge in [-0.2, -0.15) is 0 Å². The van der Waals surface area contributed by atoms with Crippen molar-refractivity contribution in [3.8, 4) is 11.4 Å². The van der Waals surface area contributed by atoms with Crippen molar-refractivity contribution in [3.05, 3.63) is 53.9 Å². The fourth-order valence-corrected chi connectivity index (χ4v) is 2.06. The van der Waals surface area contributed by atoms with E-state index in [-0.39, 0.29) is 0 Å². The van der Waals surface area contributed by atoms with Crippen molar-refractivity contribution in [2.75, 3.05) is 11.9 Å². The number of nitrogens with zero attached hydrogens (tertiary/aromatic N) is 5. The minimum Gasteiger partial charge on any atom is -0.368 e. The summed E-state index contributed by atoms with van der Waals surface area (Å²) in [5, 5.41) is 11.3. The molecule has 0 amide bonds. The first-order valence-corrected chi connectivity index (χ1v) is 6.87. The summed E-state index contributed by atoms with van der Waals surface area (Å²) in [7, 11) is 0. The van der Waals surface area contributed by atoms with Crippen molar-refractivity contribution in [2.24, 2.45) is 0 Å². The van der Waals surface area contributed by atoms with Gasteiger partial charge in [0, 0.05) is 24.4 Å². The first kappa shape index (κ1) is 13.5. The molecular formula is C14H13ClN6. The molecule has 7 heteroatoms. The van der Waals surface area contributed by atoms with Gasteiger partial charge in [-0.25, -0.2) is 9.97 Å². The van der Waals surface area contributed by atoms with Gasteiger partial charge in [0.05, 0.1) is 12.7 Å².